The van der Waals surface area contributed by atoms with E-state index in [-0.39, 0.29) is 5.41 Å². The fourth-order valence-corrected chi connectivity index (χ4v) is 7.12. The molecule has 1 N–H and O–H groups in total. The average Bonchev–Trinajstić information content (AvgIpc) is 3.28. The second-order valence-corrected chi connectivity index (χ2v) is 11.8. The van der Waals surface area contributed by atoms with E-state index in [1.54, 1.807) is 0 Å². The van der Waals surface area contributed by atoms with Crippen LogP contribution in [0.3, 0.4) is 0 Å². The van der Waals surface area contributed by atoms with Gasteiger partial charge in [0.25, 0.3) is 0 Å². The van der Waals surface area contributed by atoms with Gasteiger partial charge in [-0.2, -0.15) is 0 Å². The molecular formula is C41H31N. The van der Waals surface area contributed by atoms with Crippen LogP contribution in [0.25, 0.3) is 54.9 Å². The van der Waals surface area contributed by atoms with E-state index in [2.05, 4.69) is 165 Å². The molecule has 0 aliphatic heterocycles. The van der Waals surface area contributed by atoms with E-state index in [1.165, 1.54) is 66.1 Å². The third-order valence-corrected chi connectivity index (χ3v) is 9.08. The summed E-state index contributed by atoms with van der Waals surface area (Å²) in [4.78, 5) is 0. The maximum absolute atomic E-state index is 3.97. The van der Waals surface area contributed by atoms with Crippen LogP contribution in [0.5, 0.6) is 0 Å². The van der Waals surface area contributed by atoms with Crippen LogP contribution in [0.15, 0.2) is 146 Å². The third kappa shape index (κ3) is 3.63. The predicted molar refractivity (Wildman–Crippen MR) is 180 cm³/mol. The quantitative estimate of drug-likeness (QED) is 0.220. The molecule has 0 atom stereocenters. The van der Waals surface area contributed by atoms with Gasteiger partial charge < -0.3 is 5.32 Å². The number of rotatable bonds is 4. The largest absolute Gasteiger partial charge is 0.354 e. The molecule has 0 fully saturated rings. The van der Waals surface area contributed by atoms with E-state index in [9.17, 15) is 0 Å². The highest BCUT2D eigenvalue weighted by Crippen LogP contribution is 2.53. The number of anilines is 2. The number of hydrogen-bond donors (Lipinski definition) is 1. The van der Waals surface area contributed by atoms with Crippen molar-refractivity contribution < 1.29 is 0 Å². The third-order valence-electron chi connectivity index (χ3n) is 9.08. The number of fused-ring (bicyclic) bond motifs is 5. The number of nitrogens with one attached hydrogen (secondary N) is 1. The Balaban J connectivity index is 1.37. The molecular weight excluding hydrogens is 506 g/mol. The molecule has 0 radical (unpaired) electrons. The van der Waals surface area contributed by atoms with E-state index < -0.39 is 0 Å². The summed E-state index contributed by atoms with van der Waals surface area (Å²) in [5, 5.41) is 8.90. The Morgan fingerprint density at radius 2 is 0.929 bits per heavy atom. The van der Waals surface area contributed by atoms with Gasteiger partial charge in [0, 0.05) is 27.4 Å². The first-order chi connectivity index (χ1) is 20.6. The fraction of sp³-hybridized carbons (Fsp3) is 0.0732. The van der Waals surface area contributed by atoms with Crippen LogP contribution < -0.4 is 5.32 Å². The van der Waals surface area contributed by atoms with Crippen LogP contribution in [-0.2, 0) is 5.41 Å². The fourth-order valence-electron chi connectivity index (χ4n) is 7.12. The van der Waals surface area contributed by atoms with Gasteiger partial charge in [-0.25, -0.2) is 0 Å². The van der Waals surface area contributed by atoms with E-state index in [4.69, 9.17) is 0 Å². The highest BCUT2D eigenvalue weighted by molar-refractivity contribution is 6.21. The predicted octanol–water partition coefficient (Wildman–Crippen LogP) is 11.4. The summed E-state index contributed by atoms with van der Waals surface area (Å²) in [5.41, 5.74) is 12.7. The lowest BCUT2D eigenvalue weighted by Crippen LogP contribution is -2.14. The zero-order valence-electron chi connectivity index (χ0n) is 23.9. The normalized spacial score (nSPS) is 13.2. The lowest BCUT2D eigenvalue weighted by Gasteiger charge is -2.22. The van der Waals surface area contributed by atoms with Crippen molar-refractivity contribution in [1.29, 1.82) is 0 Å². The summed E-state index contributed by atoms with van der Waals surface area (Å²) in [6.07, 6.45) is 0. The second-order valence-electron chi connectivity index (χ2n) is 11.8. The van der Waals surface area contributed by atoms with E-state index in [0.29, 0.717) is 0 Å². The van der Waals surface area contributed by atoms with Gasteiger partial charge in [0.05, 0.1) is 5.69 Å². The van der Waals surface area contributed by atoms with Crippen LogP contribution in [0.2, 0.25) is 0 Å². The minimum Gasteiger partial charge on any atom is -0.354 e. The molecule has 0 bridgehead atoms. The Labute approximate surface area is 247 Å². The van der Waals surface area contributed by atoms with Crippen LogP contribution in [0, 0.1) is 0 Å². The van der Waals surface area contributed by atoms with Crippen molar-refractivity contribution in [3.63, 3.8) is 0 Å². The van der Waals surface area contributed by atoms with Gasteiger partial charge in [0.15, 0.2) is 0 Å². The maximum atomic E-state index is 3.97. The molecule has 7 aromatic rings. The molecule has 0 amide bonds. The smallest absolute Gasteiger partial charge is 0.0544 e. The minimum absolute atomic E-state index is 0.0377. The molecule has 200 valence electrons. The van der Waals surface area contributed by atoms with Gasteiger partial charge in [0.1, 0.15) is 0 Å². The first-order valence-electron chi connectivity index (χ1n) is 14.7. The Morgan fingerprint density at radius 3 is 1.64 bits per heavy atom. The molecule has 1 aliphatic rings. The van der Waals surface area contributed by atoms with E-state index >= 15 is 0 Å². The van der Waals surface area contributed by atoms with Crippen LogP contribution in [0.1, 0.15) is 25.0 Å². The van der Waals surface area contributed by atoms with Crippen molar-refractivity contribution in [2.45, 2.75) is 19.3 Å². The molecule has 0 saturated carbocycles. The van der Waals surface area contributed by atoms with Crippen molar-refractivity contribution in [2.24, 2.45) is 0 Å². The standard InChI is InChI=1S/C41H31N/c1-41(2)35-24-12-10-22-34(35)39-29(23-14-25-36(39)41)28-17-11-13-26-37(28)42-40-32-20-8-6-18-30(32)38(27-15-4-3-5-16-27)31-19-7-9-21-33(31)40/h3-26,42H,1-2H3. The first-order valence-corrected chi connectivity index (χ1v) is 14.7. The topological polar surface area (TPSA) is 12.0 Å². The molecule has 0 spiro atoms. The molecule has 1 aliphatic carbocycles. The zero-order valence-corrected chi connectivity index (χ0v) is 23.9. The van der Waals surface area contributed by atoms with Gasteiger partial charge in [-0.3, -0.25) is 0 Å². The zero-order chi connectivity index (χ0) is 28.3. The molecule has 0 unspecified atom stereocenters. The Hall–Kier alpha value is -5.14. The molecule has 0 aromatic heterocycles. The summed E-state index contributed by atoms with van der Waals surface area (Å²) in [5.74, 6) is 0. The van der Waals surface area contributed by atoms with Gasteiger partial charge in [-0.15, -0.1) is 0 Å². The lowest BCUT2D eigenvalue weighted by atomic mass is 9.82. The molecule has 0 saturated heterocycles. The molecule has 1 heteroatoms. The van der Waals surface area contributed by atoms with Gasteiger partial charge in [0.2, 0.25) is 0 Å². The highest BCUT2D eigenvalue weighted by atomic mass is 14.9. The lowest BCUT2D eigenvalue weighted by molar-refractivity contribution is 0.660. The maximum Gasteiger partial charge on any atom is 0.0544 e. The van der Waals surface area contributed by atoms with Crippen molar-refractivity contribution in [1.82, 2.24) is 0 Å². The average molecular weight is 538 g/mol. The number of para-hydroxylation sites is 1. The van der Waals surface area contributed by atoms with Gasteiger partial charge in [-0.1, -0.05) is 153 Å². The first kappa shape index (κ1) is 24.6. The van der Waals surface area contributed by atoms with Crippen LogP contribution >= 0.6 is 0 Å². The number of benzene rings is 7. The second kappa shape index (κ2) is 9.46. The molecule has 42 heavy (non-hydrogen) atoms. The van der Waals surface area contributed by atoms with Gasteiger partial charge >= 0.3 is 0 Å². The summed E-state index contributed by atoms with van der Waals surface area (Å²) in [6.45, 7) is 4.69. The van der Waals surface area contributed by atoms with E-state index in [0.717, 1.165) is 11.4 Å². The monoisotopic (exact) mass is 537 g/mol. The summed E-state index contributed by atoms with van der Waals surface area (Å²) >= 11 is 0. The molecule has 1 nitrogen and oxygen atoms in total. The van der Waals surface area contributed by atoms with Gasteiger partial charge in [-0.05, 0) is 55.8 Å². The summed E-state index contributed by atoms with van der Waals surface area (Å²) in [7, 11) is 0. The molecule has 8 rings (SSSR count). The van der Waals surface area contributed by atoms with Crippen LogP contribution in [-0.4, -0.2) is 0 Å². The Kier molecular flexibility index (Phi) is 5.55. The highest BCUT2D eigenvalue weighted by Gasteiger charge is 2.36. The Bertz CT molecular complexity index is 2080. The molecule has 0 heterocycles. The van der Waals surface area contributed by atoms with Crippen LogP contribution in [0.4, 0.5) is 11.4 Å². The van der Waals surface area contributed by atoms with Crippen molar-refractivity contribution in [3.8, 4) is 33.4 Å². The molecule has 7 aromatic carbocycles. The van der Waals surface area contributed by atoms with Crippen molar-refractivity contribution >= 4 is 32.9 Å². The van der Waals surface area contributed by atoms with E-state index in [1.807, 2.05) is 0 Å². The summed E-state index contributed by atoms with van der Waals surface area (Å²) in [6, 6.07) is 52.8. The minimum atomic E-state index is -0.0377. The summed E-state index contributed by atoms with van der Waals surface area (Å²) < 4.78 is 0. The Morgan fingerprint density at radius 1 is 0.405 bits per heavy atom. The van der Waals surface area contributed by atoms with Crippen molar-refractivity contribution in [2.75, 3.05) is 5.32 Å². The number of hydrogen-bond acceptors (Lipinski definition) is 1. The van der Waals surface area contributed by atoms with Crippen molar-refractivity contribution in [3.05, 3.63) is 157 Å². The SMILES string of the molecule is CC1(C)c2ccccc2-c2c(-c3ccccc3Nc3c4ccccc4c(-c4ccccc4)c4ccccc34)cccc21.